The second-order valence-electron chi connectivity index (χ2n) is 8.22. The van der Waals surface area contributed by atoms with Crippen LogP contribution >= 0.6 is 0 Å². The van der Waals surface area contributed by atoms with Crippen molar-refractivity contribution in [2.45, 2.75) is 110 Å². The van der Waals surface area contributed by atoms with Crippen LogP contribution in [0.4, 0.5) is 0 Å². The summed E-state index contributed by atoms with van der Waals surface area (Å²) in [6.45, 7) is 8.22. The highest BCUT2D eigenvalue weighted by Gasteiger charge is 2.07. The van der Waals surface area contributed by atoms with Gasteiger partial charge >= 0.3 is 0 Å². The minimum absolute atomic E-state index is 0.206. The summed E-state index contributed by atoms with van der Waals surface area (Å²) in [6, 6.07) is 10.4. The monoisotopic (exact) mass is 402 g/mol. The first-order valence-electron chi connectivity index (χ1n) is 12.2. The molecule has 0 fully saturated rings. The van der Waals surface area contributed by atoms with Gasteiger partial charge in [0.1, 0.15) is 0 Å². The molecule has 0 bridgehead atoms. The third kappa shape index (κ3) is 16.4. The standard InChI is InChI=1S/C27H46O2/c1-3-5-6-7-8-9-10-11-12-13-14-15-16-20-23-28-25-27(4-2)29-24-26-21-18-17-19-22-26/h3,17-19,21-22,27H,1,4-16,20,23-25H2,2H3. The zero-order valence-electron chi connectivity index (χ0n) is 19.1. The fraction of sp³-hybridized carbons (Fsp3) is 0.704. The molecule has 0 aliphatic carbocycles. The number of benzene rings is 1. The van der Waals surface area contributed by atoms with Gasteiger partial charge in [0, 0.05) is 6.61 Å². The molecule has 0 radical (unpaired) electrons. The van der Waals surface area contributed by atoms with E-state index in [4.69, 9.17) is 9.47 Å². The molecular weight excluding hydrogens is 356 g/mol. The Morgan fingerprint density at radius 2 is 1.34 bits per heavy atom. The summed E-state index contributed by atoms with van der Waals surface area (Å²) >= 11 is 0. The molecule has 166 valence electrons. The first-order valence-corrected chi connectivity index (χ1v) is 12.2. The Morgan fingerprint density at radius 1 is 0.793 bits per heavy atom. The van der Waals surface area contributed by atoms with Crippen LogP contribution in [-0.4, -0.2) is 19.3 Å². The van der Waals surface area contributed by atoms with E-state index in [2.05, 4.69) is 37.8 Å². The maximum Gasteiger partial charge on any atom is 0.0810 e. The number of hydrogen-bond donors (Lipinski definition) is 0. The Labute approximate surface area is 181 Å². The zero-order chi connectivity index (χ0) is 20.8. The molecule has 2 nitrogen and oxygen atoms in total. The van der Waals surface area contributed by atoms with Crippen molar-refractivity contribution in [3.63, 3.8) is 0 Å². The Balaban J connectivity index is 1.81. The average molecular weight is 403 g/mol. The third-order valence-electron chi connectivity index (χ3n) is 5.53. The van der Waals surface area contributed by atoms with Crippen LogP contribution in [0.5, 0.6) is 0 Å². The molecule has 1 aromatic rings. The van der Waals surface area contributed by atoms with Gasteiger partial charge in [-0.05, 0) is 31.2 Å². The Kier molecular flexibility index (Phi) is 18.0. The number of ether oxygens (including phenoxy) is 2. The van der Waals surface area contributed by atoms with E-state index >= 15 is 0 Å². The molecule has 0 heterocycles. The van der Waals surface area contributed by atoms with Crippen LogP contribution in [0.3, 0.4) is 0 Å². The van der Waals surface area contributed by atoms with Crippen molar-refractivity contribution in [1.29, 1.82) is 0 Å². The molecule has 0 saturated carbocycles. The molecule has 0 aromatic heterocycles. The Morgan fingerprint density at radius 3 is 1.90 bits per heavy atom. The lowest BCUT2D eigenvalue weighted by Gasteiger charge is -2.16. The molecular formula is C27H46O2. The van der Waals surface area contributed by atoms with Crippen LogP contribution < -0.4 is 0 Å². The van der Waals surface area contributed by atoms with Gasteiger partial charge in [0.15, 0.2) is 0 Å². The zero-order valence-corrected chi connectivity index (χ0v) is 19.1. The van der Waals surface area contributed by atoms with Gasteiger partial charge in [-0.25, -0.2) is 0 Å². The SMILES string of the molecule is C=CCCCCCCCCCCCCCCOCC(CC)OCc1ccccc1. The number of allylic oxidation sites excluding steroid dienone is 1. The van der Waals surface area contributed by atoms with Crippen LogP contribution in [0.1, 0.15) is 102 Å². The van der Waals surface area contributed by atoms with Crippen molar-refractivity contribution in [1.82, 2.24) is 0 Å². The number of rotatable bonds is 21. The second kappa shape index (κ2) is 20.2. The van der Waals surface area contributed by atoms with Gasteiger partial charge in [0.2, 0.25) is 0 Å². The highest BCUT2D eigenvalue weighted by molar-refractivity contribution is 5.13. The normalized spacial score (nSPS) is 12.2. The molecule has 1 aromatic carbocycles. The lowest BCUT2D eigenvalue weighted by molar-refractivity contribution is -0.0269. The first-order chi connectivity index (χ1) is 14.4. The predicted octanol–water partition coefficient (Wildman–Crippen LogP) is 8.26. The summed E-state index contributed by atoms with van der Waals surface area (Å²) in [4.78, 5) is 0. The topological polar surface area (TPSA) is 18.5 Å². The van der Waals surface area contributed by atoms with Crippen LogP contribution in [-0.2, 0) is 16.1 Å². The van der Waals surface area contributed by atoms with E-state index in [-0.39, 0.29) is 6.10 Å². The van der Waals surface area contributed by atoms with Crippen LogP contribution in [0.2, 0.25) is 0 Å². The summed E-state index contributed by atoms with van der Waals surface area (Å²) in [5.74, 6) is 0. The summed E-state index contributed by atoms with van der Waals surface area (Å²) in [6.07, 6.45) is 20.8. The maximum absolute atomic E-state index is 5.97. The first kappa shape index (κ1) is 25.9. The van der Waals surface area contributed by atoms with Gasteiger partial charge in [0.25, 0.3) is 0 Å². The van der Waals surface area contributed by atoms with Gasteiger partial charge in [-0.1, -0.05) is 108 Å². The highest BCUT2D eigenvalue weighted by atomic mass is 16.5. The van der Waals surface area contributed by atoms with E-state index in [9.17, 15) is 0 Å². The van der Waals surface area contributed by atoms with Gasteiger partial charge in [0.05, 0.1) is 19.3 Å². The fourth-order valence-corrected chi connectivity index (χ4v) is 3.55. The van der Waals surface area contributed by atoms with Gasteiger partial charge in [-0.3, -0.25) is 0 Å². The quantitative estimate of drug-likeness (QED) is 0.152. The molecule has 1 unspecified atom stereocenters. The lowest BCUT2D eigenvalue weighted by Crippen LogP contribution is -2.19. The number of unbranched alkanes of at least 4 members (excludes halogenated alkanes) is 12. The van der Waals surface area contributed by atoms with Crippen molar-refractivity contribution in [2.24, 2.45) is 0 Å². The van der Waals surface area contributed by atoms with Crippen molar-refractivity contribution < 1.29 is 9.47 Å². The average Bonchev–Trinajstić information content (AvgIpc) is 2.76. The van der Waals surface area contributed by atoms with E-state index < -0.39 is 0 Å². The second-order valence-corrected chi connectivity index (χ2v) is 8.22. The number of hydrogen-bond acceptors (Lipinski definition) is 2. The van der Waals surface area contributed by atoms with Crippen molar-refractivity contribution in [3.05, 3.63) is 48.6 Å². The van der Waals surface area contributed by atoms with Gasteiger partial charge in [-0.2, -0.15) is 0 Å². The smallest absolute Gasteiger partial charge is 0.0810 e. The molecule has 0 spiro atoms. The maximum atomic E-state index is 5.97. The lowest BCUT2D eigenvalue weighted by atomic mass is 10.0. The van der Waals surface area contributed by atoms with E-state index in [1.807, 2.05) is 12.1 Å². The van der Waals surface area contributed by atoms with E-state index in [0.717, 1.165) is 19.6 Å². The van der Waals surface area contributed by atoms with E-state index in [1.165, 1.54) is 89.0 Å². The van der Waals surface area contributed by atoms with Crippen LogP contribution in [0.15, 0.2) is 43.0 Å². The minimum Gasteiger partial charge on any atom is -0.379 e. The molecule has 29 heavy (non-hydrogen) atoms. The fourth-order valence-electron chi connectivity index (χ4n) is 3.55. The molecule has 0 aliphatic heterocycles. The van der Waals surface area contributed by atoms with Crippen molar-refractivity contribution in [2.75, 3.05) is 13.2 Å². The van der Waals surface area contributed by atoms with Crippen molar-refractivity contribution in [3.8, 4) is 0 Å². The molecule has 0 amide bonds. The predicted molar refractivity (Wildman–Crippen MR) is 126 cm³/mol. The summed E-state index contributed by atoms with van der Waals surface area (Å²) in [5.41, 5.74) is 1.23. The molecule has 0 saturated heterocycles. The summed E-state index contributed by atoms with van der Waals surface area (Å²) in [7, 11) is 0. The third-order valence-corrected chi connectivity index (χ3v) is 5.53. The Hall–Kier alpha value is -1.12. The van der Waals surface area contributed by atoms with E-state index in [0.29, 0.717) is 6.61 Å². The van der Waals surface area contributed by atoms with Gasteiger partial charge < -0.3 is 9.47 Å². The highest BCUT2D eigenvalue weighted by Crippen LogP contribution is 2.13. The Bertz CT molecular complexity index is 457. The molecule has 0 aliphatic rings. The van der Waals surface area contributed by atoms with Crippen molar-refractivity contribution >= 4 is 0 Å². The van der Waals surface area contributed by atoms with Crippen LogP contribution in [0.25, 0.3) is 0 Å². The van der Waals surface area contributed by atoms with Gasteiger partial charge in [-0.15, -0.1) is 6.58 Å². The van der Waals surface area contributed by atoms with Crippen LogP contribution in [0, 0.1) is 0 Å². The molecule has 1 atom stereocenters. The molecule has 0 N–H and O–H groups in total. The molecule has 1 rings (SSSR count). The summed E-state index contributed by atoms with van der Waals surface area (Å²) < 4.78 is 11.8. The largest absolute Gasteiger partial charge is 0.379 e. The molecule has 2 heteroatoms. The summed E-state index contributed by atoms with van der Waals surface area (Å²) in [5, 5.41) is 0. The minimum atomic E-state index is 0.206. The van der Waals surface area contributed by atoms with E-state index in [1.54, 1.807) is 0 Å².